The Bertz CT molecular complexity index is 1190. The summed E-state index contributed by atoms with van der Waals surface area (Å²) < 4.78 is 79.2. The number of benzene rings is 2. The molecule has 2 aromatic rings. The van der Waals surface area contributed by atoms with Crippen molar-refractivity contribution < 1.29 is 41.6 Å². The number of hydrogen-bond acceptors (Lipinski definition) is 8. The van der Waals surface area contributed by atoms with Crippen LogP contribution in [0.4, 0.5) is 4.39 Å². The molecule has 1 atom stereocenters. The minimum absolute atomic E-state index is 0.0287. The molecule has 1 aliphatic heterocycles. The van der Waals surface area contributed by atoms with E-state index in [-0.39, 0.29) is 17.8 Å². The summed E-state index contributed by atoms with van der Waals surface area (Å²) in [6.07, 6.45) is -2.20. The van der Waals surface area contributed by atoms with Crippen LogP contribution in [-0.2, 0) is 39.1 Å². The van der Waals surface area contributed by atoms with Crippen molar-refractivity contribution in [1.29, 1.82) is 0 Å². The maximum absolute atomic E-state index is 13.1. The smallest absolute Gasteiger partial charge is 0.373 e. The van der Waals surface area contributed by atoms with Gasteiger partial charge < -0.3 is 14.7 Å². The summed E-state index contributed by atoms with van der Waals surface area (Å²) in [5, 5.41) is 0. The second-order valence-corrected chi connectivity index (χ2v) is 6.25. The SMILES string of the molecule is O=C=O.[2H]c1ccc([C@]2([2H])OC(N)=C(OS(=O)(=O)C([2H])([2H])c3ccc(F)cc3)C2=O)cc1. The first kappa shape index (κ1) is 15.6. The van der Waals surface area contributed by atoms with E-state index in [1.807, 2.05) is 0 Å². The van der Waals surface area contributed by atoms with E-state index in [0.717, 1.165) is 24.3 Å². The molecule has 0 saturated carbocycles. The number of halogens is 1. The minimum atomic E-state index is -5.16. The second kappa shape index (κ2) is 8.94. The Morgan fingerprint density at radius 2 is 1.82 bits per heavy atom. The first-order valence-electron chi connectivity index (χ1n) is 9.30. The van der Waals surface area contributed by atoms with E-state index in [1.54, 1.807) is 0 Å². The van der Waals surface area contributed by atoms with E-state index in [4.69, 9.17) is 25.5 Å². The lowest BCUT2D eigenvalue weighted by Gasteiger charge is -2.09. The normalized spacial score (nSPS) is 21.1. The van der Waals surface area contributed by atoms with Gasteiger partial charge in [-0.05, 0) is 17.7 Å². The van der Waals surface area contributed by atoms with Gasteiger partial charge in [-0.3, -0.25) is 4.79 Å². The fourth-order valence-electron chi connectivity index (χ4n) is 2.02. The topological polar surface area (TPSA) is 130 Å². The molecule has 0 amide bonds. The lowest BCUT2D eigenvalue weighted by Crippen LogP contribution is -2.16. The zero-order chi connectivity index (χ0) is 24.3. The molecule has 0 spiro atoms. The van der Waals surface area contributed by atoms with Gasteiger partial charge >= 0.3 is 16.3 Å². The van der Waals surface area contributed by atoms with Crippen LogP contribution < -0.4 is 5.73 Å². The first-order chi connectivity index (χ1) is 14.8. The molecule has 2 N–H and O–H groups in total. The fourth-order valence-corrected chi connectivity index (χ4v) is 2.86. The first-order valence-corrected chi connectivity index (χ1v) is 8.71. The lowest BCUT2D eigenvalue weighted by molar-refractivity contribution is -0.191. The highest BCUT2D eigenvalue weighted by Gasteiger charge is 2.39. The molecule has 146 valence electrons. The van der Waals surface area contributed by atoms with Crippen LogP contribution in [0, 0.1) is 5.82 Å². The molecule has 0 saturated heterocycles. The number of ketones is 1. The maximum Gasteiger partial charge on any atom is 0.373 e. The Hall–Kier alpha value is -3.49. The number of Topliss-reactive ketones (excluding diaryl/α,β-unsaturated/α-hetero) is 1. The van der Waals surface area contributed by atoms with E-state index >= 15 is 0 Å². The number of hydrogen-bond donors (Lipinski definition) is 1. The van der Waals surface area contributed by atoms with Gasteiger partial charge in [0, 0.05) is 5.56 Å². The quantitative estimate of drug-likeness (QED) is 0.734. The van der Waals surface area contributed by atoms with Crippen molar-refractivity contribution in [3.05, 3.63) is 83.2 Å². The van der Waals surface area contributed by atoms with E-state index in [1.165, 1.54) is 24.3 Å². The van der Waals surface area contributed by atoms with Crippen molar-refractivity contribution >= 4 is 22.1 Å². The van der Waals surface area contributed by atoms with Crippen molar-refractivity contribution in [3.8, 4) is 0 Å². The van der Waals surface area contributed by atoms with E-state index in [9.17, 15) is 17.6 Å². The average Bonchev–Trinajstić information content (AvgIpc) is 2.93. The Balaban J connectivity index is 0.00000114. The average molecular weight is 411 g/mol. The highest BCUT2D eigenvalue weighted by Crippen LogP contribution is 2.32. The molecule has 0 aliphatic carbocycles. The number of rotatable bonds is 5. The summed E-state index contributed by atoms with van der Waals surface area (Å²) in [5.41, 5.74) is 1.91. The van der Waals surface area contributed by atoms with Crippen molar-refractivity contribution in [2.45, 2.75) is 11.8 Å². The molecule has 28 heavy (non-hydrogen) atoms. The standard InChI is InChI=1S/C17H14FNO5S.CO2/c18-13-8-6-11(7-9-13)10-25(21,22)24-16-14(20)15(23-17(16)19)12-4-2-1-3-5-12;2-1-3/h1-9,15H,10,19H2;/t15-;/m0./s1/i1D,10D2,15D;. The van der Waals surface area contributed by atoms with Gasteiger partial charge in [0.05, 0.1) is 5.48 Å². The molecular weight excluding hydrogens is 393 g/mol. The summed E-state index contributed by atoms with van der Waals surface area (Å²) >= 11 is 0. The summed E-state index contributed by atoms with van der Waals surface area (Å²) in [5.74, 6) is -3.81. The lowest BCUT2D eigenvalue weighted by atomic mass is 10.1. The summed E-state index contributed by atoms with van der Waals surface area (Å²) in [7, 11) is -5.16. The summed E-state index contributed by atoms with van der Waals surface area (Å²) in [4.78, 5) is 28.9. The highest BCUT2D eigenvalue weighted by atomic mass is 32.2. The van der Waals surface area contributed by atoms with Crippen LogP contribution in [0.15, 0.2) is 66.2 Å². The van der Waals surface area contributed by atoms with E-state index in [2.05, 4.69) is 4.18 Å². The van der Waals surface area contributed by atoms with Gasteiger partial charge in [-0.1, -0.05) is 42.4 Å². The zero-order valence-corrected chi connectivity index (χ0v) is 14.7. The monoisotopic (exact) mass is 411 g/mol. The van der Waals surface area contributed by atoms with Crippen LogP contribution in [0.3, 0.4) is 0 Å². The number of carbonyl (C=O) groups is 1. The van der Waals surface area contributed by atoms with Crippen molar-refractivity contribution in [3.63, 3.8) is 0 Å². The molecule has 10 heteroatoms. The van der Waals surface area contributed by atoms with Gasteiger partial charge in [-0.25, -0.2) is 4.39 Å². The molecule has 0 bridgehead atoms. The third-order valence-corrected chi connectivity index (χ3v) is 3.98. The third-order valence-electron chi connectivity index (χ3n) is 3.11. The van der Waals surface area contributed by atoms with Gasteiger partial charge in [0.25, 0.3) is 0 Å². The zero-order valence-electron chi connectivity index (χ0n) is 17.8. The third kappa shape index (κ3) is 5.26. The molecule has 0 radical (unpaired) electrons. The minimum Gasteiger partial charge on any atom is -0.460 e. The fraction of sp³-hybridized carbons (Fsp3) is 0.111. The van der Waals surface area contributed by atoms with E-state index in [0.29, 0.717) is 0 Å². The Labute approximate surface area is 165 Å². The van der Waals surface area contributed by atoms with Crippen LogP contribution in [0.25, 0.3) is 0 Å². The van der Waals surface area contributed by atoms with Crippen LogP contribution in [0.2, 0.25) is 0 Å². The Morgan fingerprint density at radius 1 is 1.25 bits per heavy atom. The predicted octanol–water partition coefficient (Wildman–Crippen LogP) is 1.56. The van der Waals surface area contributed by atoms with Crippen LogP contribution in [0.5, 0.6) is 0 Å². The molecule has 3 rings (SSSR count). The number of nitrogens with two attached hydrogens (primary N) is 1. The molecule has 0 aromatic heterocycles. The number of ether oxygens (including phenoxy) is 1. The molecule has 1 heterocycles. The number of carbonyl (C=O) groups excluding carboxylic acids is 3. The van der Waals surface area contributed by atoms with Crippen LogP contribution in [0.1, 0.15) is 22.7 Å². The van der Waals surface area contributed by atoms with Crippen molar-refractivity contribution in [1.82, 2.24) is 0 Å². The van der Waals surface area contributed by atoms with Gasteiger partial charge in [0.1, 0.15) is 11.5 Å². The van der Waals surface area contributed by atoms with Gasteiger partial charge in [-0.2, -0.15) is 18.0 Å². The molecule has 0 fully saturated rings. The van der Waals surface area contributed by atoms with Gasteiger partial charge in [-0.15, -0.1) is 0 Å². The summed E-state index contributed by atoms with van der Waals surface area (Å²) in [6, 6.07) is 8.77. The maximum atomic E-state index is 13.1. The van der Waals surface area contributed by atoms with Crippen molar-refractivity contribution in [2.24, 2.45) is 5.73 Å². The highest BCUT2D eigenvalue weighted by molar-refractivity contribution is 7.86. The Morgan fingerprint density at radius 3 is 2.39 bits per heavy atom. The van der Waals surface area contributed by atoms with Crippen LogP contribution in [-0.4, -0.2) is 20.4 Å². The predicted molar refractivity (Wildman–Crippen MR) is 91.6 cm³/mol. The molecule has 8 nitrogen and oxygen atoms in total. The molecular formula is C18H14FNO7S. The Kier molecular flexibility index (Phi) is 4.97. The molecule has 2 aromatic carbocycles. The second-order valence-electron chi connectivity index (χ2n) is 4.97. The van der Waals surface area contributed by atoms with Gasteiger partial charge in [0.15, 0.2) is 6.08 Å². The molecule has 1 aliphatic rings. The van der Waals surface area contributed by atoms with Gasteiger partial charge in [0.2, 0.25) is 17.4 Å². The van der Waals surface area contributed by atoms with Crippen molar-refractivity contribution in [2.75, 3.05) is 0 Å². The van der Waals surface area contributed by atoms with Crippen LogP contribution >= 0.6 is 0 Å². The van der Waals surface area contributed by atoms with E-state index < -0.39 is 50.7 Å². The molecule has 0 unspecified atom stereocenters. The summed E-state index contributed by atoms with van der Waals surface area (Å²) in [6.45, 7) is 0. The largest absolute Gasteiger partial charge is 0.460 e.